The Morgan fingerprint density at radius 2 is 1.91 bits per heavy atom. The fourth-order valence-electron chi connectivity index (χ4n) is 4.10. The van der Waals surface area contributed by atoms with E-state index >= 15 is 0 Å². The Hall–Kier alpha value is -2.65. The minimum atomic E-state index is -3.81. The van der Waals surface area contributed by atoms with Gasteiger partial charge in [-0.2, -0.15) is 0 Å². The zero-order chi connectivity index (χ0) is 24.2. The van der Waals surface area contributed by atoms with Crippen molar-refractivity contribution in [2.45, 2.75) is 33.1 Å². The second-order valence-corrected chi connectivity index (χ2v) is 10.2. The van der Waals surface area contributed by atoms with Crippen molar-refractivity contribution in [2.75, 3.05) is 25.4 Å². The summed E-state index contributed by atoms with van der Waals surface area (Å²) in [4.78, 5) is 26.3. The van der Waals surface area contributed by atoms with E-state index in [2.05, 4.69) is 4.72 Å². The number of benzene rings is 2. The number of hydrogen-bond donors (Lipinski definition) is 1. The smallest absolute Gasteiger partial charge is 0.222 e. The Labute approximate surface area is 193 Å². The van der Waals surface area contributed by atoms with Gasteiger partial charge in [0.1, 0.15) is 11.6 Å². The van der Waals surface area contributed by atoms with Crippen molar-refractivity contribution in [2.24, 2.45) is 5.92 Å². The van der Waals surface area contributed by atoms with Crippen LogP contribution in [0, 0.1) is 24.5 Å². The standard InChI is InChI=1S/C24H28F2N2O4S/c1-3-23(30)28-9-5-6-17(14-28)15-33(31,32)27-13-22(29)21-12-19(10-16(2)24(21)26)18-7-4-8-20(25)11-18/h4,7-8,10-12,17,27H,3,5-6,9,13-15H2,1-2H3. The minimum absolute atomic E-state index is 0.00995. The van der Waals surface area contributed by atoms with Crippen LogP contribution < -0.4 is 4.72 Å². The van der Waals surface area contributed by atoms with Gasteiger partial charge in [-0.05, 0) is 66.6 Å². The quantitative estimate of drug-likeness (QED) is 0.587. The maximum absolute atomic E-state index is 14.7. The van der Waals surface area contributed by atoms with Gasteiger partial charge in [-0.3, -0.25) is 9.59 Å². The van der Waals surface area contributed by atoms with Gasteiger partial charge in [-0.15, -0.1) is 0 Å². The molecule has 9 heteroatoms. The lowest BCUT2D eigenvalue weighted by Crippen LogP contribution is -2.43. The molecule has 0 aromatic heterocycles. The highest BCUT2D eigenvalue weighted by atomic mass is 32.2. The van der Waals surface area contributed by atoms with E-state index in [4.69, 9.17) is 0 Å². The zero-order valence-corrected chi connectivity index (χ0v) is 19.6. The molecule has 0 bridgehead atoms. The van der Waals surface area contributed by atoms with Crippen LogP contribution in [0.5, 0.6) is 0 Å². The average molecular weight is 479 g/mol. The molecule has 178 valence electrons. The van der Waals surface area contributed by atoms with E-state index in [-0.39, 0.29) is 28.7 Å². The minimum Gasteiger partial charge on any atom is -0.342 e. The SMILES string of the molecule is CCC(=O)N1CCCC(CS(=O)(=O)NCC(=O)c2cc(-c3cccc(F)c3)cc(C)c2F)C1. The van der Waals surface area contributed by atoms with E-state index in [0.717, 1.165) is 6.42 Å². The summed E-state index contributed by atoms with van der Waals surface area (Å²) < 4.78 is 55.6. The summed E-state index contributed by atoms with van der Waals surface area (Å²) in [6.07, 6.45) is 1.76. The monoisotopic (exact) mass is 478 g/mol. The molecule has 1 aliphatic heterocycles. The number of ketones is 1. The van der Waals surface area contributed by atoms with E-state index in [1.807, 2.05) is 0 Å². The number of nitrogens with zero attached hydrogens (tertiary/aromatic N) is 1. The molecule has 0 spiro atoms. The van der Waals surface area contributed by atoms with Gasteiger partial charge in [-0.25, -0.2) is 21.9 Å². The fourth-order valence-corrected chi connectivity index (χ4v) is 5.46. The molecule has 1 N–H and O–H groups in total. The van der Waals surface area contributed by atoms with Crippen LogP contribution in [-0.2, 0) is 14.8 Å². The predicted molar refractivity (Wildman–Crippen MR) is 122 cm³/mol. The van der Waals surface area contributed by atoms with Crippen molar-refractivity contribution in [3.8, 4) is 11.1 Å². The number of rotatable bonds is 8. The first-order valence-corrected chi connectivity index (χ1v) is 12.6. The Balaban J connectivity index is 1.69. The average Bonchev–Trinajstić information content (AvgIpc) is 2.78. The van der Waals surface area contributed by atoms with Crippen LogP contribution in [0.1, 0.15) is 42.1 Å². The Morgan fingerprint density at radius 3 is 2.61 bits per heavy atom. The van der Waals surface area contributed by atoms with Crippen LogP contribution in [0.25, 0.3) is 11.1 Å². The molecule has 1 saturated heterocycles. The second kappa shape index (κ2) is 10.5. The number of likely N-dealkylation sites (tertiary alicyclic amines) is 1. The van der Waals surface area contributed by atoms with Crippen LogP contribution in [0.15, 0.2) is 36.4 Å². The molecular formula is C24H28F2N2O4S. The third-order valence-corrected chi connectivity index (χ3v) is 7.29. The molecule has 1 atom stereocenters. The van der Waals surface area contributed by atoms with Gasteiger partial charge in [-0.1, -0.05) is 19.1 Å². The first-order valence-electron chi connectivity index (χ1n) is 10.9. The van der Waals surface area contributed by atoms with Crippen LogP contribution in [0.4, 0.5) is 8.78 Å². The molecule has 0 saturated carbocycles. The summed E-state index contributed by atoms with van der Waals surface area (Å²) in [6, 6.07) is 8.54. The molecule has 1 unspecified atom stereocenters. The van der Waals surface area contributed by atoms with E-state index in [9.17, 15) is 26.8 Å². The van der Waals surface area contributed by atoms with Gasteiger partial charge >= 0.3 is 0 Å². The third kappa shape index (κ3) is 6.45. The number of carbonyl (C=O) groups excluding carboxylic acids is 2. The first kappa shape index (κ1) is 25.0. The van der Waals surface area contributed by atoms with E-state index in [1.54, 1.807) is 17.9 Å². The van der Waals surface area contributed by atoms with Gasteiger partial charge in [0.05, 0.1) is 17.9 Å². The van der Waals surface area contributed by atoms with Crippen LogP contribution >= 0.6 is 0 Å². The maximum Gasteiger partial charge on any atom is 0.222 e. The lowest BCUT2D eigenvalue weighted by atomic mass is 9.97. The molecule has 1 aliphatic rings. The number of nitrogens with one attached hydrogen (secondary N) is 1. The van der Waals surface area contributed by atoms with Gasteiger partial charge in [0.25, 0.3) is 0 Å². The molecule has 33 heavy (non-hydrogen) atoms. The lowest BCUT2D eigenvalue weighted by Gasteiger charge is -2.32. The van der Waals surface area contributed by atoms with E-state index in [1.165, 1.54) is 37.3 Å². The predicted octanol–water partition coefficient (Wildman–Crippen LogP) is 3.69. The summed E-state index contributed by atoms with van der Waals surface area (Å²) >= 11 is 0. The fraction of sp³-hybridized carbons (Fsp3) is 0.417. The maximum atomic E-state index is 14.7. The van der Waals surface area contributed by atoms with Crippen molar-refractivity contribution in [1.29, 1.82) is 0 Å². The summed E-state index contributed by atoms with van der Waals surface area (Å²) in [5, 5.41) is 0. The number of piperidine rings is 1. The molecular weight excluding hydrogens is 450 g/mol. The highest BCUT2D eigenvalue weighted by Crippen LogP contribution is 2.26. The number of amides is 1. The van der Waals surface area contributed by atoms with Crippen molar-refractivity contribution in [1.82, 2.24) is 9.62 Å². The number of carbonyl (C=O) groups is 2. The summed E-state index contributed by atoms with van der Waals surface area (Å²) in [7, 11) is -3.81. The van der Waals surface area contributed by atoms with Crippen molar-refractivity contribution >= 4 is 21.7 Å². The van der Waals surface area contributed by atoms with Gasteiger partial charge in [0.15, 0.2) is 5.78 Å². The molecule has 2 aromatic rings. The van der Waals surface area contributed by atoms with E-state index in [0.29, 0.717) is 37.1 Å². The Kier molecular flexibility index (Phi) is 7.97. The van der Waals surface area contributed by atoms with Crippen molar-refractivity contribution < 1.29 is 26.8 Å². The molecule has 1 heterocycles. The summed E-state index contributed by atoms with van der Waals surface area (Å²) in [6.45, 7) is 3.65. The van der Waals surface area contributed by atoms with Crippen molar-refractivity contribution in [3.05, 3.63) is 59.2 Å². The number of hydrogen-bond acceptors (Lipinski definition) is 4. The van der Waals surface area contributed by atoms with Gasteiger partial charge in [0, 0.05) is 19.5 Å². The summed E-state index contributed by atoms with van der Waals surface area (Å²) in [5.41, 5.74) is 0.888. The third-order valence-electron chi connectivity index (χ3n) is 5.79. The molecule has 1 amide bonds. The number of sulfonamides is 1. The highest BCUT2D eigenvalue weighted by molar-refractivity contribution is 7.89. The number of aryl methyl sites for hydroxylation is 1. The normalized spacial score (nSPS) is 16.6. The van der Waals surface area contributed by atoms with Crippen LogP contribution in [-0.4, -0.2) is 50.4 Å². The number of halogens is 2. The molecule has 1 fully saturated rings. The topological polar surface area (TPSA) is 83.6 Å². The lowest BCUT2D eigenvalue weighted by molar-refractivity contribution is -0.132. The second-order valence-electron chi connectivity index (χ2n) is 8.39. The molecule has 6 nitrogen and oxygen atoms in total. The summed E-state index contributed by atoms with van der Waals surface area (Å²) in [5.74, 6) is -2.36. The Morgan fingerprint density at radius 1 is 1.15 bits per heavy atom. The van der Waals surface area contributed by atoms with Gasteiger partial charge < -0.3 is 4.90 Å². The zero-order valence-electron chi connectivity index (χ0n) is 18.7. The molecule has 0 radical (unpaired) electrons. The van der Waals surface area contributed by atoms with Crippen LogP contribution in [0.2, 0.25) is 0 Å². The highest BCUT2D eigenvalue weighted by Gasteiger charge is 2.27. The number of Topliss-reactive ketones (excluding diaryl/α,β-unsaturated/α-hetero) is 1. The van der Waals surface area contributed by atoms with Gasteiger partial charge in [0.2, 0.25) is 15.9 Å². The van der Waals surface area contributed by atoms with Crippen molar-refractivity contribution in [3.63, 3.8) is 0 Å². The molecule has 3 rings (SSSR count). The Bertz CT molecular complexity index is 1150. The molecule has 0 aliphatic carbocycles. The molecule has 2 aromatic carbocycles. The van der Waals surface area contributed by atoms with E-state index < -0.39 is 34.0 Å². The first-order chi connectivity index (χ1) is 15.6. The van der Waals surface area contributed by atoms with Crippen LogP contribution in [0.3, 0.4) is 0 Å². The largest absolute Gasteiger partial charge is 0.342 e.